The molecule has 0 aliphatic heterocycles. The quantitative estimate of drug-likeness (QED) is 0.732. The van der Waals surface area contributed by atoms with Crippen LogP contribution >= 0.6 is 23.2 Å². The molecule has 1 aliphatic carbocycles. The van der Waals surface area contributed by atoms with Crippen LogP contribution in [0.2, 0.25) is 10.2 Å². The summed E-state index contributed by atoms with van der Waals surface area (Å²) in [4.78, 5) is 17.3. The summed E-state index contributed by atoms with van der Waals surface area (Å²) >= 11 is 12.1. The van der Waals surface area contributed by atoms with Crippen LogP contribution in [0.1, 0.15) is 52.0 Å². The number of carbonyl (C=O) groups is 1. The van der Waals surface area contributed by atoms with Gasteiger partial charge in [-0.25, -0.2) is 9.78 Å². The highest BCUT2D eigenvalue weighted by atomic mass is 35.5. The van der Waals surface area contributed by atoms with Gasteiger partial charge in [0.05, 0.1) is 10.6 Å². The molecule has 1 amide bonds. The number of aromatic nitrogens is 1. The Labute approximate surface area is 157 Å². The summed E-state index contributed by atoms with van der Waals surface area (Å²) in [5.41, 5.74) is -0.189. The number of nitrogens with one attached hydrogen (secondary N) is 1. The second-order valence-corrected chi connectivity index (χ2v) is 8.01. The van der Waals surface area contributed by atoms with Gasteiger partial charge in [0.25, 0.3) is 0 Å². The molecule has 2 N–H and O–H groups in total. The maximum atomic E-state index is 11.6. The zero-order valence-electron chi connectivity index (χ0n) is 14.5. The molecule has 0 bridgehead atoms. The Kier molecular flexibility index (Phi) is 6.02. The average molecular weight is 385 g/mol. The van der Waals surface area contributed by atoms with E-state index in [-0.39, 0.29) is 22.8 Å². The van der Waals surface area contributed by atoms with Gasteiger partial charge < -0.3 is 15.3 Å². The third kappa shape index (κ3) is 4.68. The van der Waals surface area contributed by atoms with E-state index in [9.17, 15) is 9.90 Å². The predicted octanol–water partition coefficient (Wildman–Crippen LogP) is 4.76. The first-order chi connectivity index (χ1) is 11.6. The molecule has 1 heterocycles. The van der Waals surface area contributed by atoms with E-state index < -0.39 is 11.6 Å². The van der Waals surface area contributed by atoms with Gasteiger partial charge in [0, 0.05) is 17.6 Å². The van der Waals surface area contributed by atoms with Crippen LogP contribution in [0, 0.1) is 11.3 Å². The van der Waals surface area contributed by atoms with E-state index in [1.54, 1.807) is 4.90 Å². The second kappa shape index (κ2) is 7.67. The molecule has 0 aromatic carbocycles. The molecular formula is C17H22Cl2N4O2. The Balaban J connectivity index is 2.03. The van der Waals surface area contributed by atoms with Crippen molar-refractivity contribution in [1.82, 2.24) is 9.88 Å². The van der Waals surface area contributed by atoms with Crippen molar-refractivity contribution in [2.45, 2.75) is 64.1 Å². The van der Waals surface area contributed by atoms with E-state index in [4.69, 9.17) is 28.5 Å². The first-order valence-corrected chi connectivity index (χ1v) is 8.94. The van der Waals surface area contributed by atoms with Crippen molar-refractivity contribution in [1.29, 1.82) is 5.26 Å². The van der Waals surface area contributed by atoms with Crippen LogP contribution in [-0.4, -0.2) is 38.7 Å². The first-order valence-electron chi connectivity index (χ1n) is 8.18. The van der Waals surface area contributed by atoms with Crippen molar-refractivity contribution in [3.63, 3.8) is 0 Å². The maximum absolute atomic E-state index is 11.6. The highest BCUT2D eigenvalue weighted by Crippen LogP contribution is 2.32. The highest BCUT2D eigenvalue weighted by molar-refractivity contribution is 6.34. The number of nitrogens with zero attached hydrogens (tertiary/aromatic N) is 3. The first kappa shape index (κ1) is 19.6. The smallest absolute Gasteiger partial charge is 0.407 e. The normalized spacial score (nSPS) is 20.6. The van der Waals surface area contributed by atoms with Crippen molar-refractivity contribution < 1.29 is 9.90 Å². The summed E-state index contributed by atoms with van der Waals surface area (Å²) in [7, 11) is 0. The van der Waals surface area contributed by atoms with Gasteiger partial charge in [0.1, 0.15) is 17.0 Å². The maximum Gasteiger partial charge on any atom is 0.407 e. The van der Waals surface area contributed by atoms with Crippen molar-refractivity contribution in [2.24, 2.45) is 0 Å². The number of amides is 1. The molecule has 0 atom stereocenters. The van der Waals surface area contributed by atoms with Crippen LogP contribution in [0.25, 0.3) is 0 Å². The van der Waals surface area contributed by atoms with E-state index in [1.165, 1.54) is 6.07 Å². The van der Waals surface area contributed by atoms with Crippen molar-refractivity contribution in [3.8, 4) is 6.07 Å². The third-order valence-corrected chi connectivity index (χ3v) is 4.96. The Bertz CT molecular complexity index is 689. The Morgan fingerprint density at radius 3 is 2.44 bits per heavy atom. The minimum atomic E-state index is -0.882. The van der Waals surface area contributed by atoms with E-state index in [0.717, 1.165) is 25.7 Å². The summed E-state index contributed by atoms with van der Waals surface area (Å²) in [5.74, 6) is 0.458. The minimum Gasteiger partial charge on any atom is -0.465 e. The molecule has 6 nitrogen and oxygen atoms in total. The van der Waals surface area contributed by atoms with E-state index >= 15 is 0 Å². The number of carboxylic acid groups (broad SMARTS) is 1. The minimum absolute atomic E-state index is 0.00327. The van der Waals surface area contributed by atoms with Gasteiger partial charge in [0.15, 0.2) is 0 Å². The molecule has 0 unspecified atom stereocenters. The number of hydrogen-bond donors (Lipinski definition) is 2. The number of rotatable bonds is 3. The number of nitriles is 1. The zero-order chi connectivity index (χ0) is 18.8. The van der Waals surface area contributed by atoms with Crippen molar-refractivity contribution in [2.75, 3.05) is 5.32 Å². The average Bonchev–Trinajstić information content (AvgIpc) is 2.50. The van der Waals surface area contributed by atoms with Crippen molar-refractivity contribution in [3.05, 3.63) is 21.8 Å². The Morgan fingerprint density at radius 2 is 1.96 bits per heavy atom. The molecule has 0 saturated heterocycles. The molecular weight excluding hydrogens is 363 g/mol. The van der Waals surface area contributed by atoms with E-state index in [2.05, 4.69) is 10.3 Å². The van der Waals surface area contributed by atoms with E-state index in [0.29, 0.717) is 10.8 Å². The number of anilines is 1. The zero-order valence-corrected chi connectivity index (χ0v) is 16.0. The van der Waals surface area contributed by atoms with Crippen LogP contribution in [0.5, 0.6) is 0 Å². The van der Waals surface area contributed by atoms with Gasteiger partial charge in [-0.3, -0.25) is 0 Å². The monoisotopic (exact) mass is 384 g/mol. The molecule has 1 fully saturated rings. The summed E-state index contributed by atoms with van der Waals surface area (Å²) in [5, 5.41) is 22.2. The van der Waals surface area contributed by atoms with Gasteiger partial charge in [0.2, 0.25) is 0 Å². The molecule has 136 valence electrons. The van der Waals surface area contributed by atoms with Crippen molar-refractivity contribution >= 4 is 35.1 Å². The molecule has 25 heavy (non-hydrogen) atoms. The lowest BCUT2D eigenvalue weighted by Crippen LogP contribution is -2.52. The van der Waals surface area contributed by atoms with Crippen LogP contribution in [0.4, 0.5) is 10.6 Å². The molecule has 1 aromatic rings. The fourth-order valence-corrected chi connectivity index (χ4v) is 3.70. The predicted molar refractivity (Wildman–Crippen MR) is 98.3 cm³/mol. The fraction of sp³-hybridized carbons (Fsp3) is 0.588. The van der Waals surface area contributed by atoms with E-state index in [1.807, 2.05) is 26.8 Å². The van der Waals surface area contributed by atoms with Crippen LogP contribution in [0.3, 0.4) is 0 Å². The Hall–Kier alpha value is -1.71. The summed E-state index contributed by atoms with van der Waals surface area (Å²) < 4.78 is 0. The van der Waals surface area contributed by atoms with Crippen LogP contribution in [0.15, 0.2) is 6.07 Å². The standard InChI is InChI=1S/C17H22Cl2N4O2/c1-17(2,3)23(16(24)25)12-6-4-11(5-7-12)21-15-13(18)8-10(9-20)14(19)22-15/h8,11-12H,4-7H2,1-3H3,(H,21,22)(H,24,25). The molecule has 2 rings (SSSR count). The SMILES string of the molecule is CC(C)(C)N(C(=O)O)C1CCC(Nc2nc(Cl)c(C#N)cc2Cl)CC1. The van der Waals surface area contributed by atoms with Gasteiger partial charge >= 0.3 is 6.09 Å². The topological polar surface area (TPSA) is 89.2 Å². The number of pyridine rings is 1. The highest BCUT2D eigenvalue weighted by Gasteiger charge is 2.35. The molecule has 1 aromatic heterocycles. The fourth-order valence-electron chi connectivity index (χ4n) is 3.31. The molecule has 0 radical (unpaired) electrons. The molecule has 8 heteroatoms. The van der Waals surface area contributed by atoms with Crippen LogP contribution < -0.4 is 5.32 Å². The molecule has 0 spiro atoms. The van der Waals surface area contributed by atoms with Gasteiger partial charge in [-0.05, 0) is 52.5 Å². The van der Waals surface area contributed by atoms with Gasteiger partial charge in [-0.2, -0.15) is 5.26 Å². The summed E-state index contributed by atoms with van der Waals surface area (Å²) in [6.07, 6.45) is 2.26. The van der Waals surface area contributed by atoms with Gasteiger partial charge in [-0.15, -0.1) is 0 Å². The lowest BCUT2D eigenvalue weighted by atomic mass is 9.88. The number of hydrogen-bond acceptors (Lipinski definition) is 4. The summed E-state index contributed by atoms with van der Waals surface area (Å²) in [6, 6.07) is 3.58. The largest absolute Gasteiger partial charge is 0.465 e. The number of halogens is 2. The molecule has 1 saturated carbocycles. The third-order valence-electron chi connectivity index (χ3n) is 4.38. The lowest BCUT2D eigenvalue weighted by Gasteiger charge is -2.42. The van der Waals surface area contributed by atoms with Gasteiger partial charge in [-0.1, -0.05) is 23.2 Å². The lowest BCUT2D eigenvalue weighted by molar-refractivity contribution is 0.0556. The summed E-state index contributed by atoms with van der Waals surface area (Å²) in [6.45, 7) is 5.73. The van der Waals surface area contributed by atoms with Crippen LogP contribution in [-0.2, 0) is 0 Å². The Morgan fingerprint density at radius 1 is 1.36 bits per heavy atom. The molecule has 1 aliphatic rings. The second-order valence-electron chi connectivity index (χ2n) is 7.24.